The summed E-state index contributed by atoms with van der Waals surface area (Å²) >= 11 is 0. The third-order valence-electron chi connectivity index (χ3n) is 13.9. The van der Waals surface area contributed by atoms with Crippen molar-refractivity contribution in [2.75, 3.05) is 0 Å². The molecule has 5 nitrogen and oxygen atoms in total. The van der Waals surface area contributed by atoms with Crippen LogP contribution in [-0.4, -0.2) is 19.5 Å². The number of benzene rings is 8. The Morgan fingerprint density at radius 2 is 0.887 bits per heavy atom. The molecule has 0 atom stereocenters. The Hall–Kier alpha value is -7.63. The second kappa shape index (κ2) is 12.5. The van der Waals surface area contributed by atoms with Crippen LogP contribution in [0.15, 0.2) is 174 Å². The van der Waals surface area contributed by atoms with Crippen molar-refractivity contribution >= 4 is 43.7 Å². The van der Waals surface area contributed by atoms with Gasteiger partial charge in [0.1, 0.15) is 5.58 Å². The molecule has 0 unspecified atom stereocenters. The maximum Gasteiger partial charge on any atom is 0.164 e. The number of fused-ring (bicyclic) bond motifs is 13. The lowest BCUT2D eigenvalue weighted by atomic mass is 9.82. The molecule has 0 aliphatic heterocycles. The number of hydrogen-bond acceptors (Lipinski definition) is 4. The molecule has 0 radical (unpaired) electrons. The molecule has 5 heteroatoms. The van der Waals surface area contributed by atoms with Crippen LogP contribution in [0.1, 0.15) is 49.9 Å². The van der Waals surface area contributed by atoms with Crippen LogP contribution in [0.25, 0.3) is 106 Å². The summed E-state index contributed by atoms with van der Waals surface area (Å²) in [6.07, 6.45) is 0. The Morgan fingerprint density at radius 1 is 0.403 bits per heavy atom. The lowest BCUT2D eigenvalue weighted by molar-refractivity contribution is 0.660. The van der Waals surface area contributed by atoms with Crippen LogP contribution >= 0.6 is 0 Å². The zero-order valence-electron chi connectivity index (χ0n) is 34.9. The highest BCUT2D eigenvalue weighted by Gasteiger charge is 2.37. The molecule has 0 bridgehead atoms. The molecule has 0 N–H and O–H groups in total. The molecule has 2 aliphatic carbocycles. The minimum atomic E-state index is -0.155. The number of aromatic nitrogens is 4. The molecule has 8 aromatic carbocycles. The molecular formula is C57H40N4O. The Labute approximate surface area is 359 Å². The summed E-state index contributed by atoms with van der Waals surface area (Å²) in [5.74, 6) is 1.94. The highest BCUT2D eigenvalue weighted by Crippen LogP contribution is 2.51. The van der Waals surface area contributed by atoms with Crippen LogP contribution in [0.4, 0.5) is 0 Å². The van der Waals surface area contributed by atoms with Crippen molar-refractivity contribution in [1.82, 2.24) is 19.5 Å². The molecule has 0 saturated carbocycles. The molecule has 0 spiro atoms. The Bertz CT molecular complexity index is 3570. The first-order chi connectivity index (χ1) is 30.2. The molecule has 0 saturated heterocycles. The van der Waals surface area contributed by atoms with Gasteiger partial charge in [0.05, 0.1) is 11.0 Å². The van der Waals surface area contributed by atoms with Gasteiger partial charge in [-0.1, -0.05) is 143 Å². The predicted molar refractivity (Wildman–Crippen MR) is 253 cm³/mol. The second-order valence-electron chi connectivity index (χ2n) is 18.0. The molecule has 0 amide bonds. The summed E-state index contributed by atoms with van der Waals surface area (Å²) in [5.41, 5.74) is 17.9. The lowest BCUT2D eigenvalue weighted by Crippen LogP contribution is -2.15. The summed E-state index contributed by atoms with van der Waals surface area (Å²) < 4.78 is 8.96. The molecule has 2 aliphatic rings. The lowest BCUT2D eigenvalue weighted by Gasteiger charge is -2.22. The fourth-order valence-electron chi connectivity index (χ4n) is 10.7. The third kappa shape index (κ3) is 4.82. The van der Waals surface area contributed by atoms with Crippen molar-refractivity contribution in [2.45, 2.75) is 38.5 Å². The zero-order valence-corrected chi connectivity index (χ0v) is 34.9. The minimum absolute atomic E-state index is 0.155. The van der Waals surface area contributed by atoms with E-state index in [9.17, 15) is 0 Å². The van der Waals surface area contributed by atoms with Crippen molar-refractivity contribution in [3.05, 3.63) is 192 Å². The van der Waals surface area contributed by atoms with Crippen molar-refractivity contribution in [3.8, 4) is 62.1 Å². The van der Waals surface area contributed by atoms with Crippen molar-refractivity contribution in [1.29, 1.82) is 0 Å². The fourth-order valence-corrected chi connectivity index (χ4v) is 10.7. The van der Waals surface area contributed by atoms with Crippen molar-refractivity contribution in [3.63, 3.8) is 0 Å². The minimum Gasteiger partial charge on any atom is -0.454 e. The first kappa shape index (κ1) is 35.2. The summed E-state index contributed by atoms with van der Waals surface area (Å²) in [6, 6.07) is 60.9. The normalized spacial score (nSPS) is 14.4. The maximum atomic E-state index is 6.63. The smallest absolute Gasteiger partial charge is 0.164 e. The van der Waals surface area contributed by atoms with E-state index in [1.54, 1.807) is 0 Å². The van der Waals surface area contributed by atoms with Gasteiger partial charge in [0.2, 0.25) is 0 Å². The number of furan rings is 1. The van der Waals surface area contributed by atoms with Gasteiger partial charge >= 0.3 is 0 Å². The molecular weight excluding hydrogens is 757 g/mol. The average molecular weight is 797 g/mol. The van der Waals surface area contributed by atoms with Crippen molar-refractivity contribution in [2.24, 2.45) is 0 Å². The van der Waals surface area contributed by atoms with E-state index in [0.717, 1.165) is 60.7 Å². The van der Waals surface area contributed by atoms with Crippen LogP contribution in [0.3, 0.4) is 0 Å². The van der Waals surface area contributed by atoms with Gasteiger partial charge in [0.25, 0.3) is 0 Å². The Balaban J connectivity index is 0.982. The van der Waals surface area contributed by atoms with Gasteiger partial charge in [-0.25, -0.2) is 15.0 Å². The van der Waals surface area contributed by atoms with Crippen LogP contribution in [0.5, 0.6) is 0 Å². The standard InChI is InChI=1S/C57H40N4O/c1-56(2)45-17-9-5-13-37(45)39-27-23-34(31-47(39)56)54-58-53(59-55(60-54)35-24-28-40-38-14-6-10-18-46(38)57(3,4)48(40)32-35)33-21-25-36(26-22-33)61-49-19-11-7-15-41(49)43-29-30-44-42-16-8-12-20-50(42)62-52(44)51(43)61/h5-32H,1-4H3. The Kier molecular flexibility index (Phi) is 7.07. The van der Waals surface area contributed by atoms with Crippen LogP contribution < -0.4 is 0 Å². The molecule has 11 aromatic rings. The van der Waals surface area contributed by atoms with E-state index in [2.05, 4.69) is 190 Å². The van der Waals surface area contributed by atoms with E-state index in [-0.39, 0.29) is 10.8 Å². The summed E-state index contributed by atoms with van der Waals surface area (Å²) in [6.45, 7) is 9.25. The van der Waals surface area contributed by atoms with E-state index >= 15 is 0 Å². The van der Waals surface area contributed by atoms with E-state index in [0.29, 0.717) is 17.5 Å². The van der Waals surface area contributed by atoms with Gasteiger partial charge in [-0.3, -0.25) is 0 Å². The first-order valence-electron chi connectivity index (χ1n) is 21.4. The number of para-hydroxylation sites is 2. The molecule has 0 fully saturated rings. The highest BCUT2D eigenvalue weighted by atomic mass is 16.3. The number of nitrogens with zero attached hydrogens (tertiary/aromatic N) is 4. The van der Waals surface area contributed by atoms with Crippen LogP contribution in [0.2, 0.25) is 0 Å². The molecule has 62 heavy (non-hydrogen) atoms. The SMILES string of the molecule is CC1(C)c2ccccc2-c2ccc(-c3nc(-c4ccc(-n5c6ccccc6c6ccc7c8ccccc8oc7c65)cc4)nc(-c4ccc5c(c4)C(C)(C)c4ccccc4-5)n3)cc21. The highest BCUT2D eigenvalue weighted by molar-refractivity contribution is 6.21. The topological polar surface area (TPSA) is 56.7 Å². The monoisotopic (exact) mass is 796 g/mol. The third-order valence-corrected chi connectivity index (χ3v) is 13.9. The van der Waals surface area contributed by atoms with Crippen LogP contribution in [0, 0.1) is 0 Å². The summed E-state index contributed by atoms with van der Waals surface area (Å²) in [5, 5.41) is 4.56. The van der Waals surface area contributed by atoms with E-state index in [1.165, 1.54) is 49.9 Å². The quantitative estimate of drug-likeness (QED) is 0.178. The largest absolute Gasteiger partial charge is 0.454 e. The van der Waals surface area contributed by atoms with Crippen LogP contribution in [-0.2, 0) is 10.8 Å². The Morgan fingerprint density at radius 3 is 1.52 bits per heavy atom. The molecule has 3 aromatic heterocycles. The van der Waals surface area contributed by atoms with Gasteiger partial charge in [0.15, 0.2) is 23.1 Å². The summed E-state index contributed by atoms with van der Waals surface area (Å²) in [4.78, 5) is 15.8. The zero-order chi connectivity index (χ0) is 41.5. The summed E-state index contributed by atoms with van der Waals surface area (Å²) in [7, 11) is 0. The van der Waals surface area contributed by atoms with E-state index < -0.39 is 0 Å². The fraction of sp³-hybridized carbons (Fsp3) is 0.105. The van der Waals surface area contributed by atoms with Crippen molar-refractivity contribution < 1.29 is 4.42 Å². The van der Waals surface area contributed by atoms with E-state index in [4.69, 9.17) is 19.4 Å². The number of hydrogen-bond donors (Lipinski definition) is 0. The number of rotatable bonds is 4. The maximum absolute atomic E-state index is 6.63. The van der Waals surface area contributed by atoms with Gasteiger partial charge in [0, 0.05) is 54.8 Å². The van der Waals surface area contributed by atoms with Gasteiger partial charge in [-0.2, -0.15) is 0 Å². The van der Waals surface area contributed by atoms with Gasteiger partial charge in [-0.05, 0) is 99.1 Å². The molecule has 294 valence electrons. The molecule has 3 heterocycles. The predicted octanol–water partition coefficient (Wildman–Crippen LogP) is 14.5. The first-order valence-corrected chi connectivity index (χ1v) is 21.4. The van der Waals surface area contributed by atoms with E-state index in [1.807, 2.05) is 12.1 Å². The second-order valence-corrected chi connectivity index (χ2v) is 18.0. The van der Waals surface area contributed by atoms with Gasteiger partial charge < -0.3 is 8.98 Å². The molecule has 13 rings (SSSR count). The average Bonchev–Trinajstić information content (AvgIpc) is 4.00. The van der Waals surface area contributed by atoms with Gasteiger partial charge in [-0.15, -0.1) is 0 Å².